The van der Waals surface area contributed by atoms with Gasteiger partial charge in [-0.15, -0.1) is 20.4 Å². The van der Waals surface area contributed by atoms with Crippen molar-refractivity contribution in [3.63, 3.8) is 0 Å². The van der Waals surface area contributed by atoms with E-state index in [1.165, 1.54) is 10.7 Å². The Bertz CT molecular complexity index is 801. The summed E-state index contributed by atoms with van der Waals surface area (Å²) in [5.74, 6) is 0.249. The molecule has 0 unspecified atom stereocenters. The maximum atomic E-state index is 10.5. The molecule has 0 fully saturated rings. The van der Waals surface area contributed by atoms with Crippen molar-refractivity contribution in [2.75, 3.05) is 0 Å². The van der Waals surface area contributed by atoms with Crippen LogP contribution < -0.4 is 0 Å². The zero-order valence-corrected chi connectivity index (χ0v) is 9.27. The van der Waals surface area contributed by atoms with Crippen molar-refractivity contribution < 1.29 is 4.92 Å². The van der Waals surface area contributed by atoms with Gasteiger partial charge in [-0.3, -0.25) is 10.1 Å². The lowest BCUT2D eigenvalue weighted by Gasteiger charge is -1.96. The number of hydrogen-bond acceptors (Lipinski definition) is 8. The molecule has 0 saturated carbocycles. The number of aromatic nitrogens is 8. The molecule has 90 valence electrons. The fourth-order valence-electron chi connectivity index (χ4n) is 1.25. The van der Waals surface area contributed by atoms with Crippen molar-refractivity contribution in [1.82, 2.24) is 39.8 Å². The number of nitro groups is 1. The first-order chi connectivity index (χ1) is 8.65. The van der Waals surface area contributed by atoms with Crippen molar-refractivity contribution in [2.24, 2.45) is 0 Å². The van der Waals surface area contributed by atoms with E-state index in [1.807, 2.05) is 0 Å². The van der Waals surface area contributed by atoms with E-state index in [1.54, 1.807) is 0 Å². The van der Waals surface area contributed by atoms with Crippen molar-refractivity contribution in [1.29, 1.82) is 0 Å². The molecule has 0 aliphatic rings. The lowest BCUT2D eigenvalue weighted by Crippen LogP contribution is -2.08. The van der Waals surface area contributed by atoms with E-state index in [4.69, 9.17) is 12.2 Å². The minimum atomic E-state index is -0.570. The summed E-state index contributed by atoms with van der Waals surface area (Å²) < 4.78 is 2.60. The van der Waals surface area contributed by atoms with Gasteiger partial charge in [-0.2, -0.15) is 14.3 Å². The second-order valence-electron chi connectivity index (χ2n) is 3.14. The number of hydrogen-bond donors (Lipinski definition) is 1. The maximum Gasteiger partial charge on any atom is 0.307 e. The SMILES string of the molecule is O=[N+]([O-])c1cnn(-c2nnc3n[nH]c(=S)n3n2)c1. The average molecular weight is 265 g/mol. The molecule has 3 aromatic rings. The van der Waals surface area contributed by atoms with Gasteiger partial charge in [-0.05, 0) is 12.2 Å². The van der Waals surface area contributed by atoms with Crippen LogP contribution in [0.25, 0.3) is 11.7 Å². The van der Waals surface area contributed by atoms with Crippen LogP contribution in [-0.2, 0) is 0 Å². The molecule has 0 aromatic carbocycles. The average Bonchev–Trinajstić information content (AvgIpc) is 2.96. The summed E-state index contributed by atoms with van der Waals surface area (Å²) >= 11 is 4.92. The molecular formula is C6H3N9O2S. The van der Waals surface area contributed by atoms with Crippen molar-refractivity contribution in [3.05, 3.63) is 27.3 Å². The van der Waals surface area contributed by atoms with Crippen LogP contribution in [0, 0.1) is 14.9 Å². The fraction of sp³-hybridized carbons (Fsp3) is 0. The highest BCUT2D eigenvalue weighted by Gasteiger charge is 2.13. The van der Waals surface area contributed by atoms with Crippen molar-refractivity contribution in [2.45, 2.75) is 0 Å². The van der Waals surface area contributed by atoms with E-state index < -0.39 is 4.92 Å². The molecule has 3 heterocycles. The Labute approximate surface area is 102 Å². The van der Waals surface area contributed by atoms with Gasteiger partial charge in [-0.25, -0.2) is 5.10 Å². The largest absolute Gasteiger partial charge is 0.307 e. The minimum Gasteiger partial charge on any atom is -0.258 e. The lowest BCUT2D eigenvalue weighted by molar-refractivity contribution is -0.384. The van der Waals surface area contributed by atoms with Gasteiger partial charge >= 0.3 is 5.69 Å². The van der Waals surface area contributed by atoms with Crippen LogP contribution in [0.4, 0.5) is 5.69 Å². The predicted octanol–water partition coefficient (Wildman–Crippen LogP) is -0.329. The van der Waals surface area contributed by atoms with Gasteiger partial charge in [0.05, 0.1) is 4.92 Å². The van der Waals surface area contributed by atoms with Gasteiger partial charge < -0.3 is 0 Å². The number of fused-ring (bicyclic) bond motifs is 1. The second kappa shape index (κ2) is 3.63. The third-order valence-electron chi connectivity index (χ3n) is 2.04. The van der Waals surface area contributed by atoms with Crippen LogP contribution >= 0.6 is 12.2 Å². The van der Waals surface area contributed by atoms with Crippen LogP contribution in [0.3, 0.4) is 0 Å². The molecule has 1 N–H and O–H groups in total. The molecule has 0 spiro atoms. The molecule has 0 aliphatic carbocycles. The highest BCUT2D eigenvalue weighted by Crippen LogP contribution is 2.09. The minimum absolute atomic E-state index is 0.0492. The molecule has 0 radical (unpaired) electrons. The summed E-state index contributed by atoms with van der Waals surface area (Å²) in [6.45, 7) is 0. The molecule has 12 heteroatoms. The summed E-state index contributed by atoms with van der Waals surface area (Å²) in [5, 5.41) is 32.0. The first-order valence-corrected chi connectivity index (χ1v) is 4.93. The third-order valence-corrected chi connectivity index (χ3v) is 2.30. The summed E-state index contributed by atoms with van der Waals surface area (Å²) in [6, 6.07) is 0. The third kappa shape index (κ3) is 1.51. The van der Waals surface area contributed by atoms with Crippen LogP contribution in [0.5, 0.6) is 0 Å². The molecule has 0 aliphatic heterocycles. The summed E-state index contributed by atoms with van der Waals surface area (Å²) in [5.41, 5.74) is -0.172. The number of aromatic amines is 1. The number of nitrogens with zero attached hydrogens (tertiary/aromatic N) is 8. The lowest BCUT2D eigenvalue weighted by atomic mass is 10.6. The van der Waals surface area contributed by atoms with E-state index in [-0.39, 0.29) is 22.2 Å². The van der Waals surface area contributed by atoms with Crippen molar-refractivity contribution >= 4 is 23.7 Å². The van der Waals surface area contributed by atoms with E-state index in [9.17, 15) is 10.1 Å². The predicted molar refractivity (Wildman–Crippen MR) is 57.5 cm³/mol. The topological polar surface area (TPSA) is 133 Å². The first-order valence-electron chi connectivity index (χ1n) is 4.53. The molecule has 11 nitrogen and oxygen atoms in total. The zero-order valence-electron chi connectivity index (χ0n) is 8.46. The smallest absolute Gasteiger partial charge is 0.258 e. The molecule has 3 rings (SSSR count). The maximum absolute atomic E-state index is 10.5. The van der Waals surface area contributed by atoms with E-state index in [0.29, 0.717) is 0 Å². The molecule has 3 aromatic heterocycles. The van der Waals surface area contributed by atoms with Crippen molar-refractivity contribution in [3.8, 4) is 5.95 Å². The fourth-order valence-corrected chi connectivity index (χ4v) is 1.41. The number of H-pyrrole nitrogens is 1. The van der Waals surface area contributed by atoms with Gasteiger partial charge in [0.1, 0.15) is 12.4 Å². The molecule has 0 saturated heterocycles. The highest BCUT2D eigenvalue weighted by molar-refractivity contribution is 7.71. The van der Waals surface area contributed by atoms with Gasteiger partial charge in [0.25, 0.3) is 11.7 Å². The number of rotatable bonds is 2. The van der Waals surface area contributed by atoms with Crippen LogP contribution in [0.1, 0.15) is 0 Å². The Morgan fingerprint density at radius 2 is 2.28 bits per heavy atom. The van der Waals surface area contributed by atoms with E-state index >= 15 is 0 Å². The second-order valence-corrected chi connectivity index (χ2v) is 3.53. The van der Waals surface area contributed by atoms with Crippen LogP contribution in [-0.4, -0.2) is 44.7 Å². The molecule has 0 bridgehead atoms. The monoisotopic (exact) mass is 265 g/mol. The first kappa shape index (κ1) is 10.4. The molecule has 18 heavy (non-hydrogen) atoms. The van der Waals surface area contributed by atoms with Crippen LogP contribution in [0.2, 0.25) is 0 Å². The van der Waals surface area contributed by atoms with E-state index in [0.717, 1.165) is 10.9 Å². The Morgan fingerprint density at radius 3 is 3.00 bits per heavy atom. The summed E-state index contributed by atoms with van der Waals surface area (Å²) in [6.07, 6.45) is 2.26. The zero-order chi connectivity index (χ0) is 12.7. The Morgan fingerprint density at radius 1 is 1.44 bits per heavy atom. The standard InChI is InChI=1S/C6H3N9O2S/c16-15(17)3-1-7-13(2-3)5-10-8-4-9-11-6(18)14(4)12-5/h1-2H,(H,11,18). The molecule has 0 amide bonds. The Hall–Kier alpha value is -2.76. The van der Waals surface area contributed by atoms with E-state index in [2.05, 4.69) is 30.6 Å². The van der Waals surface area contributed by atoms with Crippen LogP contribution in [0.15, 0.2) is 12.4 Å². The summed E-state index contributed by atoms with van der Waals surface area (Å²) in [4.78, 5) is 9.96. The number of nitrogens with one attached hydrogen (secondary N) is 1. The summed E-state index contributed by atoms with van der Waals surface area (Å²) in [7, 11) is 0. The molecule has 0 atom stereocenters. The van der Waals surface area contributed by atoms with Gasteiger partial charge in [-0.1, -0.05) is 0 Å². The van der Waals surface area contributed by atoms with Gasteiger partial charge in [0.15, 0.2) is 0 Å². The Kier molecular flexibility index (Phi) is 2.09. The normalized spacial score (nSPS) is 10.9. The Balaban J connectivity index is 2.15. The van der Waals surface area contributed by atoms with Gasteiger partial charge in [0.2, 0.25) is 4.77 Å². The quantitative estimate of drug-likeness (QED) is 0.378. The van der Waals surface area contributed by atoms with Gasteiger partial charge in [0, 0.05) is 0 Å². The highest BCUT2D eigenvalue weighted by atomic mass is 32.1. The molecular weight excluding hydrogens is 262 g/mol.